The van der Waals surface area contributed by atoms with Gasteiger partial charge in [-0.3, -0.25) is 9.69 Å². The van der Waals surface area contributed by atoms with E-state index >= 15 is 0 Å². The summed E-state index contributed by atoms with van der Waals surface area (Å²) in [6, 6.07) is 10.1. The van der Waals surface area contributed by atoms with Gasteiger partial charge in [-0.25, -0.2) is 4.79 Å². The lowest BCUT2D eigenvalue weighted by Gasteiger charge is -2.27. The predicted octanol–water partition coefficient (Wildman–Crippen LogP) is 1.95. The number of amides is 1. The molecule has 2 fully saturated rings. The SMILES string of the molecule is O=C(O)CN(C1CC1)C1CCN(C(=O)OCc2ccccc2)C1. The van der Waals surface area contributed by atoms with Crippen molar-refractivity contribution in [2.75, 3.05) is 19.6 Å². The van der Waals surface area contributed by atoms with Gasteiger partial charge in [0.15, 0.2) is 0 Å². The Morgan fingerprint density at radius 3 is 2.57 bits per heavy atom. The second-order valence-corrected chi connectivity index (χ2v) is 6.23. The van der Waals surface area contributed by atoms with E-state index in [-0.39, 0.29) is 25.3 Å². The summed E-state index contributed by atoms with van der Waals surface area (Å²) in [6.07, 6.45) is 2.61. The van der Waals surface area contributed by atoms with E-state index in [1.54, 1.807) is 4.90 Å². The Bertz CT molecular complexity index is 559. The van der Waals surface area contributed by atoms with Gasteiger partial charge in [0.25, 0.3) is 0 Å². The molecule has 1 atom stereocenters. The van der Waals surface area contributed by atoms with Crippen LogP contribution in [0.5, 0.6) is 0 Å². The number of hydrogen-bond acceptors (Lipinski definition) is 4. The molecule has 1 aromatic carbocycles. The third kappa shape index (κ3) is 4.22. The Morgan fingerprint density at radius 2 is 1.91 bits per heavy atom. The maximum Gasteiger partial charge on any atom is 0.410 e. The minimum atomic E-state index is -0.804. The topological polar surface area (TPSA) is 70.1 Å². The van der Waals surface area contributed by atoms with Gasteiger partial charge in [-0.1, -0.05) is 30.3 Å². The van der Waals surface area contributed by atoms with Crippen LogP contribution in [0.25, 0.3) is 0 Å². The van der Waals surface area contributed by atoms with Crippen molar-refractivity contribution in [1.29, 1.82) is 0 Å². The van der Waals surface area contributed by atoms with Gasteiger partial charge in [-0.05, 0) is 24.8 Å². The van der Waals surface area contributed by atoms with E-state index in [4.69, 9.17) is 9.84 Å². The summed E-state index contributed by atoms with van der Waals surface area (Å²) >= 11 is 0. The molecule has 1 saturated carbocycles. The van der Waals surface area contributed by atoms with Gasteiger partial charge in [0, 0.05) is 25.2 Å². The first-order valence-electron chi connectivity index (χ1n) is 8.06. The monoisotopic (exact) mass is 318 g/mol. The molecule has 6 heteroatoms. The van der Waals surface area contributed by atoms with Gasteiger partial charge < -0.3 is 14.7 Å². The fourth-order valence-electron chi connectivity index (χ4n) is 3.11. The van der Waals surface area contributed by atoms with Crippen molar-refractivity contribution in [2.24, 2.45) is 0 Å². The first-order chi connectivity index (χ1) is 11.1. The molecule has 1 saturated heterocycles. The van der Waals surface area contributed by atoms with Crippen molar-refractivity contribution in [3.8, 4) is 0 Å². The summed E-state index contributed by atoms with van der Waals surface area (Å²) < 4.78 is 5.35. The summed E-state index contributed by atoms with van der Waals surface area (Å²) in [4.78, 5) is 26.9. The molecule has 1 aromatic rings. The number of hydrogen-bond donors (Lipinski definition) is 1. The molecule has 1 N–H and O–H groups in total. The van der Waals surface area contributed by atoms with Gasteiger partial charge in [0.1, 0.15) is 6.61 Å². The van der Waals surface area contributed by atoms with Gasteiger partial charge in [-0.15, -0.1) is 0 Å². The number of likely N-dealkylation sites (tertiary alicyclic amines) is 1. The summed E-state index contributed by atoms with van der Waals surface area (Å²) in [7, 11) is 0. The van der Waals surface area contributed by atoms with Crippen molar-refractivity contribution in [3.63, 3.8) is 0 Å². The van der Waals surface area contributed by atoms with Crippen LogP contribution in [0.15, 0.2) is 30.3 Å². The highest BCUT2D eigenvalue weighted by molar-refractivity contribution is 5.69. The quantitative estimate of drug-likeness (QED) is 0.868. The average molecular weight is 318 g/mol. The number of rotatable bonds is 6. The number of carboxylic acid groups (broad SMARTS) is 1. The molecule has 1 amide bonds. The molecule has 1 aliphatic carbocycles. The summed E-state index contributed by atoms with van der Waals surface area (Å²) in [5.41, 5.74) is 0.960. The van der Waals surface area contributed by atoms with E-state index in [1.165, 1.54) is 0 Å². The van der Waals surface area contributed by atoms with E-state index in [9.17, 15) is 9.59 Å². The van der Waals surface area contributed by atoms with E-state index < -0.39 is 5.97 Å². The zero-order valence-electron chi connectivity index (χ0n) is 13.1. The van der Waals surface area contributed by atoms with Gasteiger partial charge in [0.2, 0.25) is 0 Å². The molecule has 0 spiro atoms. The van der Waals surface area contributed by atoms with Crippen molar-refractivity contribution in [2.45, 2.75) is 38.0 Å². The molecule has 1 unspecified atom stereocenters. The number of ether oxygens (including phenoxy) is 1. The maximum atomic E-state index is 12.2. The molecule has 0 bridgehead atoms. The minimum Gasteiger partial charge on any atom is -0.480 e. The van der Waals surface area contributed by atoms with E-state index in [2.05, 4.69) is 0 Å². The van der Waals surface area contributed by atoms with Crippen LogP contribution in [0, 0.1) is 0 Å². The first-order valence-corrected chi connectivity index (χ1v) is 8.06. The summed E-state index contributed by atoms with van der Waals surface area (Å²) in [6.45, 7) is 1.50. The fraction of sp³-hybridized carbons (Fsp3) is 0.529. The van der Waals surface area contributed by atoms with Crippen LogP contribution < -0.4 is 0 Å². The third-order valence-corrected chi connectivity index (χ3v) is 4.43. The van der Waals surface area contributed by atoms with Crippen LogP contribution in [-0.4, -0.2) is 58.7 Å². The third-order valence-electron chi connectivity index (χ3n) is 4.43. The van der Waals surface area contributed by atoms with E-state index in [0.29, 0.717) is 19.1 Å². The number of carbonyl (C=O) groups excluding carboxylic acids is 1. The number of carboxylic acids is 1. The lowest BCUT2D eigenvalue weighted by molar-refractivity contribution is -0.139. The Balaban J connectivity index is 1.50. The molecule has 2 aliphatic rings. The molecule has 23 heavy (non-hydrogen) atoms. The first kappa shape index (κ1) is 15.8. The van der Waals surface area contributed by atoms with Gasteiger partial charge in [-0.2, -0.15) is 0 Å². The largest absolute Gasteiger partial charge is 0.480 e. The number of carbonyl (C=O) groups is 2. The Labute approximate surface area is 135 Å². The number of aliphatic carboxylic acids is 1. The minimum absolute atomic E-state index is 0.0578. The average Bonchev–Trinajstić information content (AvgIpc) is 3.27. The normalized spacial score (nSPS) is 20.7. The summed E-state index contributed by atoms with van der Waals surface area (Å²) in [5, 5.41) is 9.06. The van der Waals surface area contributed by atoms with Crippen molar-refractivity contribution < 1.29 is 19.4 Å². The van der Waals surface area contributed by atoms with Crippen LogP contribution in [0.3, 0.4) is 0 Å². The molecule has 3 rings (SSSR count). The predicted molar refractivity (Wildman–Crippen MR) is 84.0 cm³/mol. The van der Waals surface area contributed by atoms with Crippen LogP contribution in [-0.2, 0) is 16.1 Å². The summed E-state index contributed by atoms with van der Waals surface area (Å²) in [5.74, 6) is -0.804. The van der Waals surface area contributed by atoms with Gasteiger partial charge >= 0.3 is 12.1 Å². The molecular formula is C17H22N2O4. The highest BCUT2D eigenvalue weighted by Crippen LogP contribution is 2.31. The molecule has 0 radical (unpaired) electrons. The maximum absolute atomic E-state index is 12.2. The zero-order valence-corrected chi connectivity index (χ0v) is 13.1. The Hall–Kier alpha value is -2.08. The van der Waals surface area contributed by atoms with Crippen LogP contribution in [0.1, 0.15) is 24.8 Å². The second kappa shape index (κ2) is 7.00. The van der Waals surface area contributed by atoms with Gasteiger partial charge in [0.05, 0.1) is 6.54 Å². The number of benzene rings is 1. The molecule has 6 nitrogen and oxygen atoms in total. The van der Waals surface area contributed by atoms with E-state index in [1.807, 2.05) is 35.2 Å². The highest BCUT2D eigenvalue weighted by Gasteiger charge is 2.39. The Kier molecular flexibility index (Phi) is 4.81. The van der Waals surface area contributed by atoms with Crippen LogP contribution in [0.4, 0.5) is 4.79 Å². The van der Waals surface area contributed by atoms with E-state index in [0.717, 1.165) is 24.8 Å². The lowest BCUT2D eigenvalue weighted by Crippen LogP contribution is -2.43. The van der Waals surface area contributed by atoms with Crippen molar-refractivity contribution in [3.05, 3.63) is 35.9 Å². The smallest absolute Gasteiger partial charge is 0.410 e. The molecule has 0 aromatic heterocycles. The Morgan fingerprint density at radius 1 is 1.17 bits per heavy atom. The highest BCUT2D eigenvalue weighted by atomic mass is 16.6. The van der Waals surface area contributed by atoms with Crippen LogP contribution >= 0.6 is 0 Å². The lowest BCUT2D eigenvalue weighted by atomic mass is 10.2. The molecule has 124 valence electrons. The standard InChI is InChI=1S/C17H22N2O4/c20-16(21)11-19(14-6-7-14)15-8-9-18(10-15)17(22)23-12-13-4-2-1-3-5-13/h1-5,14-15H,6-12H2,(H,20,21). The molecule has 1 heterocycles. The fourth-order valence-corrected chi connectivity index (χ4v) is 3.11. The molecular weight excluding hydrogens is 296 g/mol. The van der Waals surface area contributed by atoms with Crippen LogP contribution in [0.2, 0.25) is 0 Å². The molecule has 1 aliphatic heterocycles. The zero-order chi connectivity index (χ0) is 16.2. The second-order valence-electron chi connectivity index (χ2n) is 6.23. The van der Waals surface area contributed by atoms with Crippen molar-refractivity contribution in [1.82, 2.24) is 9.80 Å². The number of nitrogens with zero attached hydrogens (tertiary/aromatic N) is 2. The van der Waals surface area contributed by atoms with Crippen molar-refractivity contribution >= 4 is 12.1 Å².